The van der Waals surface area contributed by atoms with Gasteiger partial charge in [0.2, 0.25) is 0 Å². The molecule has 0 bridgehead atoms. The average Bonchev–Trinajstić information content (AvgIpc) is 2.43. The van der Waals surface area contributed by atoms with Crippen LogP contribution in [0.3, 0.4) is 0 Å². The van der Waals surface area contributed by atoms with Gasteiger partial charge in [-0.1, -0.05) is 11.6 Å². The summed E-state index contributed by atoms with van der Waals surface area (Å²) in [6, 6.07) is 5.89. The van der Waals surface area contributed by atoms with E-state index in [1.807, 2.05) is 13.0 Å². The number of aryl methyl sites for hydroxylation is 1. The van der Waals surface area contributed by atoms with E-state index >= 15 is 0 Å². The molecule has 5 heteroatoms. The monoisotopic (exact) mass is 296 g/mol. The van der Waals surface area contributed by atoms with Crippen molar-refractivity contribution in [1.29, 1.82) is 0 Å². The highest BCUT2D eigenvalue weighted by atomic mass is 35.5. The number of nitrogens with one attached hydrogen (secondary N) is 1. The first-order chi connectivity index (χ1) is 9.54. The zero-order chi connectivity index (χ0) is 14.5. The largest absolute Gasteiger partial charge is 0.484 e. The maximum absolute atomic E-state index is 11.8. The molecule has 110 valence electrons. The summed E-state index contributed by atoms with van der Waals surface area (Å²) >= 11 is 5.94. The molecule has 0 heterocycles. The van der Waals surface area contributed by atoms with Gasteiger partial charge in [-0.3, -0.25) is 4.79 Å². The Morgan fingerprint density at radius 2 is 2.10 bits per heavy atom. The minimum atomic E-state index is -0.0851. The van der Waals surface area contributed by atoms with Crippen molar-refractivity contribution in [2.45, 2.75) is 44.7 Å². The van der Waals surface area contributed by atoms with Crippen LogP contribution in [0.25, 0.3) is 0 Å². The number of carbonyl (C=O) groups excluding carboxylic acids is 1. The maximum atomic E-state index is 11.8. The Bertz CT molecular complexity index is 471. The van der Waals surface area contributed by atoms with Crippen LogP contribution in [0.5, 0.6) is 5.75 Å². The molecule has 0 aromatic heterocycles. The Balaban J connectivity index is 1.76. The molecule has 1 fully saturated rings. The Labute approximate surface area is 124 Å². The van der Waals surface area contributed by atoms with Crippen LogP contribution < -0.4 is 15.8 Å². The third kappa shape index (κ3) is 4.39. The van der Waals surface area contributed by atoms with Crippen molar-refractivity contribution >= 4 is 17.5 Å². The fourth-order valence-electron chi connectivity index (χ4n) is 2.39. The first-order valence-corrected chi connectivity index (χ1v) is 7.36. The van der Waals surface area contributed by atoms with Gasteiger partial charge in [-0.2, -0.15) is 0 Å². The molecule has 1 aromatic carbocycles. The first kappa shape index (κ1) is 15.1. The Hall–Kier alpha value is -1.26. The van der Waals surface area contributed by atoms with Crippen molar-refractivity contribution in [2.24, 2.45) is 5.73 Å². The van der Waals surface area contributed by atoms with Gasteiger partial charge in [0.25, 0.3) is 5.91 Å². The molecule has 1 aliphatic carbocycles. The summed E-state index contributed by atoms with van der Waals surface area (Å²) in [6.07, 6.45) is 3.85. The fraction of sp³-hybridized carbons (Fsp3) is 0.533. The Morgan fingerprint density at radius 3 is 2.75 bits per heavy atom. The van der Waals surface area contributed by atoms with Gasteiger partial charge in [-0.05, 0) is 56.4 Å². The zero-order valence-electron chi connectivity index (χ0n) is 11.7. The SMILES string of the molecule is Cc1cc(OCC(=O)NC2CCC(N)CC2)ccc1Cl. The van der Waals surface area contributed by atoms with Crippen LogP contribution in [0.4, 0.5) is 0 Å². The van der Waals surface area contributed by atoms with Gasteiger partial charge in [0, 0.05) is 17.1 Å². The van der Waals surface area contributed by atoms with E-state index in [4.69, 9.17) is 22.1 Å². The van der Waals surface area contributed by atoms with E-state index in [0.29, 0.717) is 10.8 Å². The van der Waals surface area contributed by atoms with Crippen molar-refractivity contribution in [1.82, 2.24) is 5.32 Å². The highest BCUT2D eigenvalue weighted by molar-refractivity contribution is 6.31. The van der Waals surface area contributed by atoms with Crippen LogP contribution in [0.1, 0.15) is 31.2 Å². The summed E-state index contributed by atoms with van der Waals surface area (Å²) in [5, 5.41) is 3.68. The number of ether oxygens (including phenoxy) is 1. The molecule has 1 aliphatic rings. The lowest BCUT2D eigenvalue weighted by Gasteiger charge is -2.26. The molecule has 1 saturated carbocycles. The molecule has 3 N–H and O–H groups in total. The molecular formula is C15H21ClN2O2. The van der Waals surface area contributed by atoms with Gasteiger partial charge in [0.1, 0.15) is 5.75 Å². The topological polar surface area (TPSA) is 64.3 Å². The van der Waals surface area contributed by atoms with E-state index in [-0.39, 0.29) is 24.6 Å². The van der Waals surface area contributed by atoms with E-state index < -0.39 is 0 Å². The predicted octanol–water partition coefficient (Wildman–Crippen LogP) is 2.41. The number of carbonyl (C=O) groups is 1. The predicted molar refractivity (Wildman–Crippen MR) is 80.1 cm³/mol. The second-order valence-electron chi connectivity index (χ2n) is 5.38. The second kappa shape index (κ2) is 6.95. The lowest BCUT2D eigenvalue weighted by molar-refractivity contribution is -0.124. The molecular weight excluding hydrogens is 276 g/mol. The van der Waals surface area contributed by atoms with Crippen LogP contribution in [0.15, 0.2) is 18.2 Å². The third-order valence-electron chi connectivity index (χ3n) is 3.64. The van der Waals surface area contributed by atoms with Gasteiger partial charge >= 0.3 is 0 Å². The molecule has 0 saturated heterocycles. The number of halogens is 1. The molecule has 20 heavy (non-hydrogen) atoms. The molecule has 1 aromatic rings. The summed E-state index contributed by atoms with van der Waals surface area (Å²) in [4.78, 5) is 11.8. The Kier molecular flexibility index (Phi) is 5.26. The van der Waals surface area contributed by atoms with Crippen molar-refractivity contribution in [3.05, 3.63) is 28.8 Å². The molecule has 0 aliphatic heterocycles. The van der Waals surface area contributed by atoms with Gasteiger partial charge in [-0.15, -0.1) is 0 Å². The smallest absolute Gasteiger partial charge is 0.258 e. The van der Waals surface area contributed by atoms with Gasteiger partial charge < -0.3 is 15.8 Å². The molecule has 0 unspecified atom stereocenters. The minimum absolute atomic E-state index is 0.0314. The summed E-state index contributed by atoms with van der Waals surface area (Å²) in [7, 11) is 0. The maximum Gasteiger partial charge on any atom is 0.258 e. The Morgan fingerprint density at radius 1 is 1.40 bits per heavy atom. The van der Waals surface area contributed by atoms with Crippen LogP contribution in [0.2, 0.25) is 5.02 Å². The van der Waals surface area contributed by atoms with E-state index in [0.717, 1.165) is 31.2 Å². The summed E-state index contributed by atoms with van der Waals surface area (Å²) in [5.74, 6) is 0.575. The standard InChI is InChI=1S/C15H21ClN2O2/c1-10-8-13(6-7-14(10)16)20-9-15(19)18-12-4-2-11(17)3-5-12/h6-8,11-12H,2-5,9,17H2,1H3,(H,18,19). The molecule has 1 amide bonds. The van der Waals surface area contributed by atoms with E-state index in [2.05, 4.69) is 5.32 Å². The summed E-state index contributed by atoms with van der Waals surface area (Å²) in [5.41, 5.74) is 6.78. The van der Waals surface area contributed by atoms with Crippen LogP contribution in [-0.4, -0.2) is 24.6 Å². The number of benzene rings is 1. The quantitative estimate of drug-likeness (QED) is 0.897. The van der Waals surface area contributed by atoms with Crippen molar-refractivity contribution in [3.8, 4) is 5.75 Å². The first-order valence-electron chi connectivity index (χ1n) is 6.98. The second-order valence-corrected chi connectivity index (χ2v) is 5.79. The fourth-order valence-corrected chi connectivity index (χ4v) is 2.51. The number of amides is 1. The van der Waals surface area contributed by atoms with Crippen LogP contribution in [-0.2, 0) is 4.79 Å². The minimum Gasteiger partial charge on any atom is -0.484 e. The molecule has 0 atom stereocenters. The summed E-state index contributed by atoms with van der Waals surface area (Å²) in [6.45, 7) is 1.93. The third-order valence-corrected chi connectivity index (χ3v) is 4.06. The lowest BCUT2D eigenvalue weighted by Crippen LogP contribution is -2.42. The van der Waals surface area contributed by atoms with Crippen LogP contribution >= 0.6 is 11.6 Å². The number of nitrogens with two attached hydrogens (primary N) is 1. The van der Waals surface area contributed by atoms with Gasteiger partial charge in [-0.25, -0.2) is 0 Å². The van der Waals surface area contributed by atoms with Crippen molar-refractivity contribution in [3.63, 3.8) is 0 Å². The molecule has 4 nitrogen and oxygen atoms in total. The highest BCUT2D eigenvalue weighted by Crippen LogP contribution is 2.21. The van der Waals surface area contributed by atoms with Crippen LogP contribution in [0, 0.1) is 6.92 Å². The lowest BCUT2D eigenvalue weighted by atomic mass is 9.92. The average molecular weight is 297 g/mol. The number of rotatable bonds is 4. The van der Waals surface area contributed by atoms with E-state index in [1.165, 1.54) is 0 Å². The van der Waals surface area contributed by atoms with Crippen molar-refractivity contribution in [2.75, 3.05) is 6.61 Å². The molecule has 2 rings (SSSR count). The highest BCUT2D eigenvalue weighted by Gasteiger charge is 2.20. The van der Waals surface area contributed by atoms with Gasteiger partial charge in [0.15, 0.2) is 6.61 Å². The zero-order valence-corrected chi connectivity index (χ0v) is 12.5. The van der Waals surface area contributed by atoms with Gasteiger partial charge in [0.05, 0.1) is 0 Å². The molecule has 0 radical (unpaired) electrons. The van der Waals surface area contributed by atoms with Crippen molar-refractivity contribution < 1.29 is 9.53 Å². The van der Waals surface area contributed by atoms with E-state index in [9.17, 15) is 4.79 Å². The number of hydrogen-bond donors (Lipinski definition) is 2. The number of hydrogen-bond acceptors (Lipinski definition) is 3. The molecule has 0 spiro atoms. The summed E-state index contributed by atoms with van der Waals surface area (Å²) < 4.78 is 5.47. The van der Waals surface area contributed by atoms with E-state index in [1.54, 1.807) is 12.1 Å². The normalized spacial score (nSPS) is 22.4.